The molecule has 1 aliphatic carbocycles. The Hall–Kier alpha value is -0.380. The summed E-state index contributed by atoms with van der Waals surface area (Å²) < 4.78 is 5.77. The molecule has 0 amide bonds. The molecule has 0 aromatic carbocycles. The van der Waals surface area contributed by atoms with Crippen LogP contribution in [0.25, 0.3) is 0 Å². The predicted octanol–water partition coefficient (Wildman–Crippen LogP) is 4.34. The molecule has 108 valence electrons. The molecule has 1 aromatic rings. The average Bonchev–Trinajstić information content (AvgIpc) is 2.71. The standard InChI is InChI=1S/C16H27NOS/c1-16(2,3)17-11-14-7-8-15(19-14)12-18-10-9-13-5-4-6-13/h7-8,13,17H,4-6,9-12H2,1-3H3. The van der Waals surface area contributed by atoms with Gasteiger partial charge in [0.05, 0.1) is 6.61 Å². The SMILES string of the molecule is CC(C)(C)NCc1ccc(COCCC2CCC2)s1. The summed E-state index contributed by atoms with van der Waals surface area (Å²) in [5, 5.41) is 3.52. The minimum Gasteiger partial charge on any atom is -0.376 e. The molecular formula is C16H27NOS. The number of ether oxygens (including phenoxy) is 1. The molecule has 0 spiro atoms. The number of thiophene rings is 1. The lowest BCUT2D eigenvalue weighted by atomic mass is 9.83. The third-order valence-electron chi connectivity index (χ3n) is 3.65. The van der Waals surface area contributed by atoms with E-state index < -0.39 is 0 Å². The van der Waals surface area contributed by atoms with E-state index in [0.717, 1.165) is 25.7 Å². The van der Waals surface area contributed by atoms with Crippen LogP contribution in [0, 0.1) is 5.92 Å². The van der Waals surface area contributed by atoms with Gasteiger partial charge in [0.25, 0.3) is 0 Å². The monoisotopic (exact) mass is 281 g/mol. The average molecular weight is 281 g/mol. The molecule has 0 bridgehead atoms. The Labute approximate surface area is 121 Å². The Morgan fingerprint density at radius 1 is 1.26 bits per heavy atom. The lowest BCUT2D eigenvalue weighted by Crippen LogP contribution is -2.34. The maximum Gasteiger partial charge on any atom is 0.0809 e. The molecule has 1 aliphatic rings. The number of nitrogens with one attached hydrogen (secondary N) is 1. The van der Waals surface area contributed by atoms with Crippen molar-refractivity contribution in [2.24, 2.45) is 5.92 Å². The van der Waals surface area contributed by atoms with E-state index in [1.165, 1.54) is 35.4 Å². The van der Waals surface area contributed by atoms with Gasteiger partial charge in [0.1, 0.15) is 0 Å². The van der Waals surface area contributed by atoms with Gasteiger partial charge < -0.3 is 10.1 Å². The molecule has 1 heterocycles. The van der Waals surface area contributed by atoms with Gasteiger partial charge in [-0.3, -0.25) is 0 Å². The van der Waals surface area contributed by atoms with Crippen molar-refractivity contribution in [3.8, 4) is 0 Å². The second kappa shape index (κ2) is 6.87. The fourth-order valence-electron chi connectivity index (χ4n) is 2.15. The molecule has 0 radical (unpaired) electrons. The summed E-state index contributed by atoms with van der Waals surface area (Å²) in [6.07, 6.45) is 5.53. The van der Waals surface area contributed by atoms with E-state index in [2.05, 4.69) is 38.2 Å². The van der Waals surface area contributed by atoms with Crippen molar-refractivity contribution in [3.63, 3.8) is 0 Å². The maximum atomic E-state index is 5.77. The van der Waals surface area contributed by atoms with Crippen LogP contribution >= 0.6 is 11.3 Å². The van der Waals surface area contributed by atoms with E-state index in [4.69, 9.17) is 4.74 Å². The summed E-state index contributed by atoms with van der Waals surface area (Å²) in [4.78, 5) is 2.74. The van der Waals surface area contributed by atoms with Crippen molar-refractivity contribution >= 4 is 11.3 Å². The van der Waals surface area contributed by atoms with Gasteiger partial charge in [0.2, 0.25) is 0 Å². The molecule has 2 nitrogen and oxygen atoms in total. The summed E-state index contributed by atoms with van der Waals surface area (Å²) in [7, 11) is 0. The van der Waals surface area contributed by atoms with Gasteiger partial charge in [0, 0.05) is 28.4 Å². The zero-order valence-corrected chi connectivity index (χ0v) is 13.3. The van der Waals surface area contributed by atoms with Gasteiger partial charge in [0.15, 0.2) is 0 Å². The highest BCUT2D eigenvalue weighted by molar-refractivity contribution is 7.11. The summed E-state index contributed by atoms with van der Waals surface area (Å²) in [5.74, 6) is 0.954. The Bertz CT molecular complexity index is 376. The zero-order valence-electron chi connectivity index (χ0n) is 12.5. The highest BCUT2D eigenvalue weighted by Crippen LogP contribution is 2.29. The molecule has 1 saturated carbocycles. The normalized spacial score (nSPS) is 16.6. The molecule has 0 unspecified atom stereocenters. The first-order valence-electron chi connectivity index (χ1n) is 7.43. The quantitative estimate of drug-likeness (QED) is 0.751. The molecule has 0 saturated heterocycles. The third kappa shape index (κ3) is 5.64. The van der Waals surface area contributed by atoms with Crippen LogP contribution in [0.1, 0.15) is 56.2 Å². The highest BCUT2D eigenvalue weighted by Gasteiger charge is 2.16. The van der Waals surface area contributed by atoms with Crippen LogP contribution in [-0.4, -0.2) is 12.1 Å². The van der Waals surface area contributed by atoms with Gasteiger partial charge in [-0.1, -0.05) is 19.3 Å². The molecular weight excluding hydrogens is 254 g/mol. The number of hydrogen-bond acceptors (Lipinski definition) is 3. The number of rotatable bonds is 7. The van der Waals surface area contributed by atoms with Crippen molar-refractivity contribution in [2.75, 3.05) is 6.61 Å². The van der Waals surface area contributed by atoms with Gasteiger partial charge in [-0.05, 0) is 45.2 Å². The smallest absolute Gasteiger partial charge is 0.0809 e. The third-order valence-corrected chi connectivity index (χ3v) is 4.71. The molecule has 1 N–H and O–H groups in total. The second-order valence-electron chi connectivity index (χ2n) is 6.61. The Balaban J connectivity index is 1.62. The largest absolute Gasteiger partial charge is 0.376 e. The molecule has 1 fully saturated rings. The first kappa shape index (κ1) is 15.0. The van der Waals surface area contributed by atoms with Crippen LogP contribution in [0.15, 0.2) is 12.1 Å². The molecule has 19 heavy (non-hydrogen) atoms. The Morgan fingerprint density at radius 3 is 2.63 bits per heavy atom. The van der Waals surface area contributed by atoms with E-state index in [1.807, 2.05) is 11.3 Å². The Kier molecular flexibility index (Phi) is 5.43. The topological polar surface area (TPSA) is 21.3 Å². The van der Waals surface area contributed by atoms with E-state index in [-0.39, 0.29) is 5.54 Å². The van der Waals surface area contributed by atoms with Gasteiger partial charge in [-0.2, -0.15) is 0 Å². The summed E-state index contributed by atoms with van der Waals surface area (Å²) in [5.41, 5.74) is 0.184. The maximum absolute atomic E-state index is 5.77. The van der Waals surface area contributed by atoms with Crippen molar-refractivity contribution in [2.45, 2.75) is 65.1 Å². The molecule has 0 aliphatic heterocycles. The van der Waals surface area contributed by atoms with Crippen molar-refractivity contribution < 1.29 is 4.74 Å². The summed E-state index contributed by atoms with van der Waals surface area (Å²) in [6, 6.07) is 4.42. The zero-order chi connectivity index (χ0) is 13.7. The fraction of sp³-hybridized carbons (Fsp3) is 0.750. The summed E-state index contributed by atoms with van der Waals surface area (Å²) >= 11 is 1.86. The van der Waals surface area contributed by atoms with Crippen molar-refractivity contribution in [3.05, 3.63) is 21.9 Å². The van der Waals surface area contributed by atoms with Crippen LogP contribution < -0.4 is 5.32 Å². The minimum absolute atomic E-state index is 0.184. The van der Waals surface area contributed by atoms with E-state index >= 15 is 0 Å². The summed E-state index contributed by atoms with van der Waals surface area (Å²) in [6.45, 7) is 9.27. The van der Waals surface area contributed by atoms with Crippen molar-refractivity contribution in [1.29, 1.82) is 0 Å². The first-order valence-corrected chi connectivity index (χ1v) is 8.25. The molecule has 2 rings (SSSR count). The van der Waals surface area contributed by atoms with Gasteiger partial charge in [-0.25, -0.2) is 0 Å². The van der Waals surface area contributed by atoms with Crippen LogP contribution in [0.4, 0.5) is 0 Å². The van der Waals surface area contributed by atoms with E-state index in [0.29, 0.717) is 0 Å². The Morgan fingerprint density at radius 2 is 2.00 bits per heavy atom. The molecule has 1 aromatic heterocycles. The number of hydrogen-bond donors (Lipinski definition) is 1. The lowest BCUT2D eigenvalue weighted by molar-refractivity contribution is 0.0966. The fourth-order valence-corrected chi connectivity index (χ4v) is 3.05. The van der Waals surface area contributed by atoms with Crippen molar-refractivity contribution in [1.82, 2.24) is 5.32 Å². The van der Waals surface area contributed by atoms with Gasteiger partial charge >= 0.3 is 0 Å². The van der Waals surface area contributed by atoms with Crippen LogP contribution in [0.2, 0.25) is 0 Å². The van der Waals surface area contributed by atoms with Gasteiger partial charge in [-0.15, -0.1) is 11.3 Å². The van der Waals surface area contributed by atoms with E-state index in [9.17, 15) is 0 Å². The second-order valence-corrected chi connectivity index (χ2v) is 7.86. The van der Waals surface area contributed by atoms with Crippen LogP contribution in [-0.2, 0) is 17.9 Å². The van der Waals surface area contributed by atoms with Crippen LogP contribution in [0.3, 0.4) is 0 Å². The molecule has 3 heteroatoms. The first-order chi connectivity index (χ1) is 9.03. The highest BCUT2D eigenvalue weighted by atomic mass is 32.1. The minimum atomic E-state index is 0.184. The van der Waals surface area contributed by atoms with Crippen LogP contribution in [0.5, 0.6) is 0 Å². The molecule has 0 atom stereocenters. The van der Waals surface area contributed by atoms with E-state index in [1.54, 1.807) is 0 Å². The lowest BCUT2D eigenvalue weighted by Gasteiger charge is -2.24. The predicted molar refractivity (Wildman–Crippen MR) is 82.5 cm³/mol.